The van der Waals surface area contributed by atoms with Gasteiger partial charge < -0.3 is 10.1 Å². The average Bonchev–Trinajstić information content (AvgIpc) is 2.88. The van der Waals surface area contributed by atoms with Crippen LogP contribution in [0.15, 0.2) is 12.1 Å². The molecule has 1 aliphatic heterocycles. The van der Waals surface area contributed by atoms with E-state index in [-0.39, 0.29) is 17.9 Å². The standard InChI is InChI=1S/C14H19ClN2O2/c1-9(2)12-6-10(7-13(15)17-12)14(18)16-8-11-4-3-5-19-11/h6-7,9,11H,3-5,8H2,1-2H3,(H,16,18). The summed E-state index contributed by atoms with van der Waals surface area (Å²) in [6.07, 6.45) is 2.22. The summed E-state index contributed by atoms with van der Waals surface area (Å²) in [5.74, 6) is 0.116. The lowest BCUT2D eigenvalue weighted by Crippen LogP contribution is -2.31. The number of hydrogen-bond acceptors (Lipinski definition) is 3. The molecule has 1 amide bonds. The number of nitrogens with zero attached hydrogens (tertiary/aromatic N) is 1. The topological polar surface area (TPSA) is 51.2 Å². The Balaban J connectivity index is 2.01. The summed E-state index contributed by atoms with van der Waals surface area (Å²) in [5.41, 5.74) is 1.39. The van der Waals surface area contributed by atoms with Gasteiger partial charge in [-0.2, -0.15) is 0 Å². The van der Waals surface area contributed by atoms with Crippen molar-refractivity contribution in [1.29, 1.82) is 0 Å². The summed E-state index contributed by atoms with van der Waals surface area (Å²) in [6, 6.07) is 3.39. The maximum Gasteiger partial charge on any atom is 0.251 e. The number of nitrogens with one attached hydrogen (secondary N) is 1. The van der Waals surface area contributed by atoms with E-state index in [9.17, 15) is 4.79 Å². The normalized spacial score (nSPS) is 18.8. The van der Waals surface area contributed by atoms with E-state index in [1.54, 1.807) is 12.1 Å². The smallest absolute Gasteiger partial charge is 0.251 e. The molecule has 2 heterocycles. The maximum absolute atomic E-state index is 12.1. The fourth-order valence-electron chi connectivity index (χ4n) is 2.06. The van der Waals surface area contributed by atoms with E-state index in [1.807, 2.05) is 13.8 Å². The van der Waals surface area contributed by atoms with Crippen LogP contribution in [0.1, 0.15) is 48.7 Å². The van der Waals surface area contributed by atoms with Crippen molar-refractivity contribution in [2.75, 3.05) is 13.2 Å². The zero-order valence-corrected chi connectivity index (χ0v) is 12.0. The highest BCUT2D eigenvalue weighted by Crippen LogP contribution is 2.18. The lowest BCUT2D eigenvalue weighted by molar-refractivity contribution is 0.0857. The summed E-state index contributed by atoms with van der Waals surface area (Å²) in [4.78, 5) is 16.3. The maximum atomic E-state index is 12.1. The Morgan fingerprint density at radius 3 is 3.00 bits per heavy atom. The fourth-order valence-corrected chi connectivity index (χ4v) is 2.27. The molecular weight excluding hydrogens is 264 g/mol. The summed E-state index contributed by atoms with van der Waals surface area (Å²) >= 11 is 5.95. The van der Waals surface area contributed by atoms with Gasteiger partial charge in [0.2, 0.25) is 0 Å². The van der Waals surface area contributed by atoms with Crippen molar-refractivity contribution < 1.29 is 9.53 Å². The Hall–Kier alpha value is -1.13. The summed E-state index contributed by atoms with van der Waals surface area (Å²) < 4.78 is 5.47. The SMILES string of the molecule is CC(C)c1cc(C(=O)NCC2CCCO2)cc(Cl)n1. The Morgan fingerprint density at radius 1 is 1.58 bits per heavy atom. The van der Waals surface area contributed by atoms with Gasteiger partial charge in [-0.25, -0.2) is 4.98 Å². The first-order valence-corrected chi connectivity index (χ1v) is 7.01. The second-order valence-electron chi connectivity index (χ2n) is 5.10. The molecule has 1 atom stereocenters. The average molecular weight is 283 g/mol. The van der Waals surface area contributed by atoms with E-state index in [0.717, 1.165) is 25.1 Å². The molecule has 0 radical (unpaired) electrons. The van der Waals surface area contributed by atoms with Crippen molar-refractivity contribution >= 4 is 17.5 Å². The minimum absolute atomic E-state index is 0.123. The van der Waals surface area contributed by atoms with Gasteiger partial charge in [-0.1, -0.05) is 25.4 Å². The van der Waals surface area contributed by atoms with Gasteiger partial charge in [0.15, 0.2) is 0 Å². The number of amides is 1. The third-order valence-electron chi connectivity index (χ3n) is 3.18. The van der Waals surface area contributed by atoms with Crippen LogP contribution in [0.5, 0.6) is 0 Å². The molecule has 2 rings (SSSR count). The molecule has 1 aromatic heterocycles. The lowest BCUT2D eigenvalue weighted by Gasteiger charge is -2.12. The molecule has 0 spiro atoms. The van der Waals surface area contributed by atoms with Crippen molar-refractivity contribution in [3.63, 3.8) is 0 Å². The first-order chi connectivity index (χ1) is 9.06. The summed E-state index contributed by atoms with van der Waals surface area (Å²) in [5, 5.41) is 3.24. The molecule has 104 valence electrons. The minimum atomic E-state index is -0.123. The molecule has 1 fully saturated rings. The molecule has 5 heteroatoms. The van der Waals surface area contributed by atoms with E-state index in [4.69, 9.17) is 16.3 Å². The molecule has 4 nitrogen and oxygen atoms in total. The predicted octanol–water partition coefficient (Wildman–Crippen LogP) is 2.77. The highest BCUT2D eigenvalue weighted by Gasteiger charge is 2.17. The minimum Gasteiger partial charge on any atom is -0.376 e. The van der Waals surface area contributed by atoms with E-state index in [1.165, 1.54) is 0 Å². The molecule has 1 N–H and O–H groups in total. The van der Waals surface area contributed by atoms with Crippen molar-refractivity contribution in [1.82, 2.24) is 10.3 Å². The van der Waals surface area contributed by atoms with E-state index in [0.29, 0.717) is 17.3 Å². The van der Waals surface area contributed by atoms with Crippen LogP contribution in [0.4, 0.5) is 0 Å². The van der Waals surface area contributed by atoms with Gasteiger partial charge in [-0.05, 0) is 30.9 Å². The third kappa shape index (κ3) is 3.91. The van der Waals surface area contributed by atoms with Crippen LogP contribution >= 0.6 is 11.6 Å². The second-order valence-corrected chi connectivity index (χ2v) is 5.49. The third-order valence-corrected chi connectivity index (χ3v) is 3.38. The number of carbonyl (C=O) groups is 1. The zero-order chi connectivity index (χ0) is 13.8. The molecule has 1 aromatic rings. The Labute approximate surface area is 118 Å². The van der Waals surface area contributed by atoms with Gasteiger partial charge in [0.1, 0.15) is 5.15 Å². The quantitative estimate of drug-likeness (QED) is 0.864. The molecule has 19 heavy (non-hydrogen) atoms. The van der Waals surface area contributed by atoms with E-state index < -0.39 is 0 Å². The molecule has 1 aliphatic rings. The molecule has 1 saturated heterocycles. The zero-order valence-electron chi connectivity index (χ0n) is 11.3. The Bertz CT molecular complexity index is 457. The monoisotopic (exact) mass is 282 g/mol. The first-order valence-electron chi connectivity index (χ1n) is 6.63. The number of aromatic nitrogens is 1. The van der Waals surface area contributed by atoms with Crippen molar-refractivity contribution in [2.45, 2.75) is 38.7 Å². The molecule has 0 saturated carbocycles. The number of carbonyl (C=O) groups excluding carboxylic acids is 1. The number of hydrogen-bond donors (Lipinski definition) is 1. The van der Waals surface area contributed by atoms with E-state index in [2.05, 4.69) is 10.3 Å². The predicted molar refractivity (Wildman–Crippen MR) is 74.6 cm³/mol. The molecule has 0 aliphatic carbocycles. The van der Waals surface area contributed by atoms with Crippen LogP contribution < -0.4 is 5.32 Å². The molecule has 0 bridgehead atoms. The van der Waals surface area contributed by atoms with Crippen LogP contribution in [-0.4, -0.2) is 30.1 Å². The van der Waals surface area contributed by atoms with Crippen LogP contribution in [0.3, 0.4) is 0 Å². The number of halogens is 1. The Kier molecular flexibility index (Phi) is 4.77. The van der Waals surface area contributed by atoms with Crippen LogP contribution in [-0.2, 0) is 4.74 Å². The van der Waals surface area contributed by atoms with E-state index >= 15 is 0 Å². The summed E-state index contributed by atoms with van der Waals surface area (Å²) in [7, 11) is 0. The van der Waals surface area contributed by atoms with Crippen molar-refractivity contribution in [3.8, 4) is 0 Å². The van der Waals surface area contributed by atoms with Crippen LogP contribution in [0, 0.1) is 0 Å². The van der Waals surface area contributed by atoms with Gasteiger partial charge in [-0.3, -0.25) is 4.79 Å². The molecule has 1 unspecified atom stereocenters. The highest BCUT2D eigenvalue weighted by molar-refractivity contribution is 6.29. The number of rotatable bonds is 4. The Morgan fingerprint density at radius 2 is 2.37 bits per heavy atom. The fraction of sp³-hybridized carbons (Fsp3) is 0.571. The number of pyridine rings is 1. The lowest BCUT2D eigenvalue weighted by atomic mass is 10.1. The van der Waals surface area contributed by atoms with Crippen LogP contribution in [0.2, 0.25) is 5.15 Å². The molecule has 0 aromatic carbocycles. The van der Waals surface area contributed by atoms with Crippen molar-refractivity contribution in [2.24, 2.45) is 0 Å². The second kappa shape index (κ2) is 6.35. The van der Waals surface area contributed by atoms with Crippen LogP contribution in [0.25, 0.3) is 0 Å². The molecular formula is C14H19ClN2O2. The van der Waals surface area contributed by atoms with Crippen molar-refractivity contribution in [3.05, 3.63) is 28.5 Å². The van der Waals surface area contributed by atoms with Gasteiger partial charge in [0, 0.05) is 24.4 Å². The largest absolute Gasteiger partial charge is 0.376 e. The number of ether oxygens (including phenoxy) is 1. The first kappa shape index (κ1) is 14.3. The summed E-state index contributed by atoms with van der Waals surface area (Å²) in [6.45, 7) is 5.38. The van der Waals surface area contributed by atoms with Gasteiger partial charge >= 0.3 is 0 Å². The van der Waals surface area contributed by atoms with Gasteiger partial charge in [0.25, 0.3) is 5.91 Å². The van der Waals surface area contributed by atoms with Gasteiger partial charge in [-0.15, -0.1) is 0 Å². The van der Waals surface area contributed by atoms with Gasteiger partial charge in [0.05, 0.1) is 6.10 Å². The highest BCUT2D eigenvalue weighted by atomic mass is 35.5.